The van der Waals surface area contributed by atoms with E-state index in [0.29, 0.717) is 10.8 Å². The third-order valence-electron chi connectivity index (χ3n) is 3.71. The van der Waals surface area contributed by atoms with E-state index < -0.39 is 34.9 Å². The highest BCUT2D eigenvalue weighted by Gasteiger charge is 2.22. The SMILES string of the molecule is Cc1cc(Cl)ccc1OCn1ccc(C(=O)Nc2c(F)c(F)cc(F)c2F)n1. The largest absolute Gasteiger partial charge is 0.471 e. The lowest BCUT2D eigenvalue weighted by Crippen LogP contribution is -2.17. The molecule has 28 heavy (non-hydrogen) atoms. The van der Waals surface area contributed by atoms with Gasteiger partial charge in [-0.05, 0) is 36.8 Å². The number of halogens is 5. The van der Waals surface area contributed by atoms with E-state index in [1.54, 1.807) is 30.4 Å². The van der Waals surface area contributed by atoms with Crippen LogP contribution < -0.4 is 10.1 Å². The maximum absolute atomic E-state index is 13.6. The minimum atomic E-state index is -1.71. The second-order valence-corrected chi connectivity index (χ2v) is 6.16. The zero-order valence-electron chi connectivity index (χ0n) is 14.3. The molecule has 0 unspecified atom stereocenters. The molecule has 0 fully saturated rings. The Labute approximate surface area is 161 Å². The Hall–Kier alpha value is -3.07. The van der Waals surface area contributed by atoms with Crippen molar-refractivity contribution < 1.29 is 27.1 Å². The molecule has 2 aromatic carbocycles. The van der Waals surface area contributed by atoms with E-state index >= 15 is 0 Å². The van der Waals surface area contributed by atoms with Gasteiger partial charge in [-0.2, -0.15) is 5.10 Å². The number of benzene rings is 2. The molecular formula is C18H12ClF4N3O2. The molecule has 0 saturated heterocycles. The molecule has 0 saturated carbocycles. The number of nitrogens with one attached hydrogen (secondary N) is 1. The van der Waals surface area contributed by atoms with E-state index in [1.807, 2.05) is 0 Å². The molecule has 0 spiro atoms. The summed E-state index contributed by atoms with van der Waals surface area (Å²) in [5.41, 5.74) is -0.679. The fourth-order valence-electron chi connectivity index (χ4n) is 2.33. The lowest BCUT2D eigenvalue weighted by Gasteiger charge is -2.09. The molecule has 0 aliphatic heterocycles. The number of nitrogens with zero attached hydrogens (tertiary/aromatic N) is 2. The Morgan fingerprint density at radius 3 is 2.46 bits per heavy atom. The number of carbonyl (C=O) groups is 1. The summed E-state index contributed by atoms with van der Waals surface area (Å²) in [5.74, 6) is -7.20. The number of hydrogen-bond donors (Lipinski definition) is 1. The highest BCUT2D eigenvalue weighted by Crippen LogP contribution is 2.25. The summed E-state index contributed by atoms with van der Waals surface area (Å²) in [4.78, 5) is 12.1. The fourth-order valence-corrected chi connectivity index (χ4v) is 2.55. The quantitative estimate of drug-likeness (QED) is 0.487. The Kier molecular flexibility index (Phi) is 5.55. The maximum Gasteiger partial charge on any atom is 0.276 e. The van der Waals surface area contributed by atoms with Crippen LogP contribution in [0.2, 0.25) is 5.02 Å². The molecule has 10 heteroatoms. The predicted octanol–water partition coefficient (Wildman–Crippen LogP) is 4.69. The van der Waals surface area contributed by atoms with Gasteiger partial charge in [-0.15, -0.1) is 0 Å². The van der Waals surface area contributed by atoms with Crippen LogP contribution in [-0.4, -0.2) is 15.7 Å². The lowest BCUT2D eigenvalue weighted by atomic mass is 10.2. The minimum Gasteiger partial charge on any atom is -0.471 e. The van der Waals surface area contributed by atoms with Crippen LogP contribution >= 0.6 is 11.6 Å². The summed E-state index contributed by atoms with van der Waals surface area (Å²) in [5, 5.41) is 6.22. The van der Waals surface area contributed by atoms with Crippen LogP contribution in [-0.2, 0) is 6.73 Å². The third-order valence-corrected chi connectivity index (χ3v) is 3.95. The van der Waals surface area contributed by atoms with Crippen LogP contribution in [0.1, 0.15) is 16.1 Å². The van der Waals surface area contributed by atoms with Gasteiger partial charge in [-0.3, -0.25) is 4.79 Å². The van der Waals surface area contributed by atoms with Gasteiger partial charge in [0, 0.05) is 17.3 Å². The van der Waals surface area contributed by atoms with Gasteiger partial charge >= 0.3 is 0 Å². The number of rotatable bonds is 5. The molecule has 146 valence electrons. The van der Waals surface area contributed by atoms with Crippen molar-refractivity contribution in [1.82, 2.24) is 9.78 Å². The summed E-state index contributed by atoms with van der Waals surface area (Å²) in [6.07, 6.45) is 1.39. The summed E-state index contributed by atoms with van der Waals surface area (Å²) < 4.78 is 60.5. The fraction of sp³-hybridized carbons (Fsp3) is 0.111. The van der Waals surface area contributed by atoms with Crippen LogP contribution in [0.5, 0.6) is 5.75 Å². The molecule has 0 atom stereocenters. The van der Waals surface area contributed by atoms with Crippen molar-refractivity contribution in [3.63, 3.8) is 0 Å². The number of aromatic nitrogens is 2. The van der Waals surface area contributed by atoms with Gasteiger partial charge in [0.25, 0.3) is 5.91 Å². The summed E-state index contributed by atoms with van der Waals surface area (Å²) in [6, 6.07) is 6.32. The molecule has 1 heterocycles. The van der Waals surface area contributed by atoms with Gasteiger partial charge in [-0.25, -0.2) is 22.2 Å². The summed E-state index contributed by atoms with van der Waals surface area (Å²) >= 11 is 5.86. The van der Waals surface area contributed by atoms with Gasteiger partial charge in [0.15, 0.2) is 35.7 Å². The van der Waals surface area contributed by atoms with Crippen molar-refractivity contribution in [2.45, 2.75) is 13.7 Å². The number of amides is 1. The van der Waals surface area contributed by atoms with Crippen LogP contribution in [0, 0.1) is 30.2 Å². The average molecular weight is 414 g/mol. The molecule has 0 bridgehead atoms. The number of aryl methyl sites for hydroxylation is 1. The van der Waals surface area contributed by atoms with Crippen molar-refractivity contribution in [2.24, 2.45) is 0 Å². The molecule has 0 radical (unpaired) electrons. The first kappa shape index (κ1) is 19.7. The predicted molar refractivity (Wildman–Crippen MR) is 93.3 cm³/mol. The Morgan fingerprint density at radius 2 is 1.82 bits per heavy atom. The summed E-state index contributed by atoms with van der Waals surface area (Å²) in [7, 11) is 0. The molecule has 3 aromatic rings. The summed E-state index contributed by atoms with van der Waals surface area (Å²) in [6.45, 7) is 1.73. The van der Waals surface area contributed by atoms with Gasteiger partial charge in [0.2, 0.25) is 0 Å². The number of ether oxygens (including phenoxy) is 1. The highest BCUT2D eigenvalue weighted by molar-refractivity contribution is 6.30. The first-order valence-electron chi connectivity index (χ1n) is 7.83. The Bertz CT molecular complexity index is 1030. The maximum atomic E-state index is 13.6. The van der Waals surface area contributed by atoms with Gasteiger partial charge in [0.05, 0.1) is 0 Å². The van der Waals surface area contributed by atoms with Crippen LogP contribution in [0.3, 0.4) is 0 Å². The Morgan fingerprint density at radius 1 is 1.14 bits per heavy atom. The molecule has 1 N–H and O–H groups in total. The smallest absolute Gasteiger partial charge is 0.276 e. The molecule has 1 amide bonds. The van der Waals surface area contributed by atoms with Crippen molar-refractivity contribution in [3.05, 3.63) is 76.1 Å². The van der Waals surface area contributed by atoms with Crippen LogP contribution in [0.15, 0.2) is 36.5 Å². The molecule has 3 rings (SSSR count). The zero-order chi connectivity index (χ0) is 20.4. The molecule has 0 aliphatic carbocycles. The molecule has 5 nitrogen and oxygen atoms in total. The zero-order valence-corrected chi connectivity index (χ0v) is 15.0. The Balaban J connectivity index is 1.71. The number of carbonyl (C=O) groups excluding carboxylic acids is 1. The van der Waals surface area contributed by atoms with E-state index in [4.69, 9.17) is 16.3 Å². The minimum absolute atomic E-state index is 0.0468. The topological polar surface area (TPSA) is 56.1 Å². The van der Waals surface area contributed by atoms with Gasteiger partial charge in [0.1, 0.15) is 11.4 Å². The van der Waals surface area contributed by atoms with Gasteiger partial charge < -0.3 is 10.1 Å². The average Bonchev–Trinajstić information content (AvgIpc) is 3.12. The van der Waals surface area contributed by atoms with Crippen molar-refractivity contribution in [2.75, 3.05) is 5.32 Å². The normalized spacial score (nSPS) is 10.8. The highest BCUT2D eigenvalue weighted by atomic mass is 35.5. The number of anilines is 1. The second kappa shape index (κ2) is 7.89. The number of hydrogen-bond acceptors (Lipinski definition) is 3. The van der Waals surface area contributed by atoms with Gasteiger partial charge in [-0.1, -0.05) is 11.6 Å². The van der Waals surface area contributed by atoms with E-state index in [-0.39, 0.29) is 18.5 Å². The van der Waals surface area contributed by atoms with E-state index in [2.05, 4.69) is 5.10 Å². The van der Waals surface area contributed by atoms with Crippen molar-refractivity contribution in [3.8, 4) is 5.75 Å². The monoisotopic (exact) mass is 413 g/mol. The molecular weight excluding hydrogens is 402 g/mol. The van der Waals surface area contributed by atoms with E-state index in [9.17, 15) is 22.4 Å². The second-order valence-electron chi connectivity index (χ2n) is 5.72. The van der Waals surface area contributed by atoms with E-state index in [1.165, 1.54) is 16.9 Å². The van der Waals surface area contributed by atoms with Crippen LogP contribution in [0.4, 0.5) is 23.2 Å². The first-order valence-corrected chi connectivity index (χ1v) is 8.21. The lowest BCUT2D eigenvalue weighted by molar-refractivity contribution is 0.101. The van der Waals surface area contributed by atoms with Crippen LogP contribution in [0.25, 0.3) is 0 Å². The van der Waals surface area contributed by atoms with Crippen molar-refractivity contribution >= 4 is 23.2 Å². The third kappa shape index (κ3) is 4.09. The molecule has 1 aromatic heterocycles. The first-order chi connectivity index (χ1) is 13.3. The van der Waals surface area contributed by atoms with E-state index in [0.717, 1.165) is 5.56 Å². The van der Waals surface area contributed by atoms with Crippen molar-refractivity contribution in [1.29, 1.82) is 0 Å². The standard InChI is InChI=1S/C18H12ClF4N3O2/c1-9-6-10(19)2-3-14(9)28-8-26-5-4-13(25-26)18(27)24-17-15(22)11(20)7-12(21)16(17)23/h2-7H,8H2,1H3,(H,24,27). The molecule has 0 aliphatic rings.